The summed E-state index contributed by atoms with van der Waals surface area (Å²) < 4.78 is 5.64. The highest BCUT2D eigenvalue weighted by Gasteiger charge is 2.30. The Morgan fingerprint density at radius 1 is 1.26 bits per heavy atom. The number of para-hydroxylation sites is 1. The maximum Gasteiger partial charge on any atom is 0.254 e. The second-order valence-corrected chi connectivity index (χ2v) is 6.94. The number of allylic oxidation sites excluding steroid dienone is 1. The number of ether oxygens (including phenoxy) is 1. The summed E-state index contributed by atoms with van der Waals surface area (Å²) >= 11 is 0. The van der Waals surface area contributed by atoms with E-state index in [1.54, 1.807) is 33.3 Å². The number of hydrogen-bond donors (Lipinski definition) is 4. The normalized spacial score (nSPS) is 13.7. The van der Waals surface area contributed by atoms with Crippen molar-refractivity contribution < 1.29 is 14.3 Å². The fourth-order valence-electron chi connectivity index (χ4n) is 3.09. The third-order valence-electron chi connectivity index (χ3n) is 4.83. The van der Waals surface area contributed by atoms with Crippen molar-refractivity contribution in [1.29, 1.82) is 0 Å². The number of nitrogens with one attached hydrogen (secondary N) is 3. The van der Waals surface area contributed by atoms with Crippen LogP contribution in [0.25, 0.3) is 0 Å². The molecule has 1 fully saturated rings. The van der Waals surface area contributed by atoms with E-state index < -0.39 is 0 Å². The number of nitrogens with two attached hydrogens (primary N) is 1. The fourth-order valence-corrected chi connectivity index (χ4v) is 3.09. The Kier molecular flexibility index (Phi) is 6.86. The van der Waals surface area contributed by atoms with E-state index in [4.69, 9.17) is 10.5 Å². The van der Waals surface area contributed by atoms with E-state index in [0.717, 1.165) is 18.4 Å². The lowest BCUT2D eigenvalue weighted by molar-refractivity contribution is -0.117. The van der Waals surface area contributed by atoms with Crippen molar-refractivity contribution in [1.82, 2.24) is 10.3 Å². The average molecular weight is 422 g/mol. The Bertz CT molecular complexity index is 1040. The van der Waals surface area contributed by atoms with Crippen LogP contribution in [0.4, 0.5) is 17.2 Å². The monoisotopic (exact) mass is 422 g/mol. The van der Waals surface area contributed by atoms with Gasteiger partial charge in [0.2, 0.25) is 5.91 Å². The van der Waals surface area contributed by atoms with Crippen LogP contribution < -0.4 is 26.4 Å². The fraction of sp³-hybridized carbons (Fsp3) is 0.273. The molecule has 0 unspecified atom stereocenters. The van der Waals surface area contributed by atoms with Gasteiger partial charge in [-0.05, 0) is 37.3 Å². The summed E-state index contributed by atoms with van der Waals surface area (Å²) in [6.07, 6.45) is 6.28. The number of benzene rings is 1. The molecular formula is C22H26N6O3. The number of hydrogen-bond acceptors (Lipinski definition) is 7. The van der Waals surface area contributed by atoms with E-state index in [2.05, 4.69) is 25.9 Å². The zero-order chi connectivity index (χ0) is 22.4. The zero-order valence-corrected chi connectivity index (χ0v) is 17.7. The van der Waals surface area contributed by atoms with Crippen LogP contribution in [-0.4, -0.2) is 43.7 Å². The van der Waals surface area contributed by atoms with Crippen LogP contribution in [-0.2, 0) is 4.79 Å². The molecule has 0 radical (unpaired) electrons. The quantitative estimate of drug-likeness (QED) is 0.483. The number of rotatable bonds is 8. The van der Waals surface area contributed by atoms with Crippen LogP contribution >= 0.6 is 0 Å². The van der Waals surface area contributed by atoms with E-state index in [1.807, 2.05) is 18.2 Å². The van der Waals surface area contributed by atoms with Gasteiger partial charge in [-0.1, -0.05) is 6.07 Å². The van der Waals surface area contributed by atoms with Gasteiger partial charge in [-0.3, -0.25) is 14.6 Å². The third kappa shape index (κ3) is 5.00. The molecule has 3 rings (SSSR count). The largest absolute Gasteiger partial charge is 0.494 e. The van der Waals surface area contributed by atoms with E-state index >= 15 is 0 Å². The van der Waals surface area contributed by atoms with Gasteiger partial charge >= 0.3 is 0 Å². The standard InChI is InChI=1S/C22H26N6O3/c1-24-16(9-10-23)14-5-4-6-17(20(14)31-3)27-18-11-19(28-21(29)13-7-8-13)26-12-15(18)22(30)25-2/h4-6,9-13H,7-8,23H2,1-3H3,(H,25,30)(H2,26,27,28,29). The van der Waals surface area contributed by atoms with E-state index in [1.165, 1.54) is 12.4 Å². The summed E-state index contributed by atoms with van der Waals surface area (Å²) in [5.41, 5.74) is 8.32. The summed E-state index contributed by atoms with van der Waals surface area (Å²) in [6.45, 7) is 0. The summed E-state index contributed by atoms with van der Waals surface area (Å²) in [4.78, 5) is 33.0. The van der Waals surface area contributed by atoms with Gasteiger partial charge in [0.1, 0.15) is 5.82 Å². The maximum absolute atomic E-state index is 12.4. The summed E-state index contributed by atoms with van der Waals surface area (Å²) in [7, 11) is 4.76. The minimum absolute atomic E-state index is 0.0379. The summed E-state index contributed by atoms with van der Waals surface area (Å²) in [5, 5.41) is 8.64. The molecule has 2 aromatic rings. The number of aliphatic imine (C=N–C) groups is 1. The van der Waals surface area contributed by atoms with Gasteiger partial charge in [0.15, 0.2) is 5.75 Å². The molecule has 1 saturated carbocycles. The number of carbonyl (C=O) groups is 2. The van der Waals surface area contributed by atoms with Crippen LogP contribution in [0.1, 0.15) is 28.8 Å². The van der Waals surface area contributed by atoms with Gasteiger partial charge in [0.05, 0.1) is 29.8 Å². The van der Waals surface area contributed by atoms with Gasteiger partial charge < -0.3 is 26.4 Å². The number of methoxy groups -OCH3 is 1. The Morgan fingerprint density at radius 2 is 2.03 bits per heavy atom. The van der Waals surface area contributed by atoms with Crippen LogP contribution in [0.15, 0.2) is 47.7 Å². The van der Waals surface area contributed by atoms with Crippen molar-refractivity contribution in [2.75, 3.05) is 31.8 Å². The molecule has 0 saturated heterocycles. The first-order valence-corrected chi connectivity index (χ1v) is 9.84. The molecule has 162 valence electrons. The van der Waals surface area contributed by atoms with E-state index in [0.29, 0.717) is 34.2 Å². The van der Waals surface area contributed by atoms with Gasteiger partial charge in [0, 0.05) is 37.8 Å². The molecule has 0 spiro atoms. The predicted octanol–water partition coefficient (Wildman–Crippen LogP) is 2.43. The molecule has 1 aliphatic rings. The number of anilines is 3. The second-order valence-electron chi connectivity index (χ2n) is 6.94. The van der Waals surface area contributed by atoms with Gasteiger partial charge in [0.25, 0.3) is 5.91 Å². The minimum atomic E-state index is -0.313. The van der Waals surface area contributed by atoms with Crippen molar-refractivity contribution >= 4 is 34.7 Å². The minimum Gasteiger partial charge on any atom is -0.494 e. The molecule has 1 aliphatic carbocycles. The molecule has 2 amide bonds. The smallest absolute Gasteiger partial charge is 0.254 e. The predicted molar refractivity (Wildman–Crippen MR) is 121 cm³/mol. The molecule has 9 heteroatoms. The van der Waals surface area contributed by atoms with Crippen molar-refractivity contribution in [2.24, 2.45) is 16.6 Å². The molecular weight excluding hydrogens is 396 g/mol. The van der Waals surface area contributed by atoms with Gasteiger partial charge in [-0.15, -0.1) is 0 Å². The number of aromatic nitrogens is 1. The van der Waals surface area contributed by atoms with Crippen molar-refractivity contribution in [2.45, 2.75) is 12.8 Å². The van der Waals surface area contributed by atoms with Crippen molar-refractivity contribution in [3.05, 3.63) is 53.9 Å². The zero-order valence-electron chi connectivity index (χ0n) is 17.7. The first kappa shape index (κ1) is 21.8. The second kappa shape index (κ2) is 9.75. The van der Waals surface area contributed by atoms with Gasteiger partial charge in [-0.25, -0.2) is 4.98 Å². The van der Waals surface area contributed by atoms with Crippen LogP contribution in [0.2, 0.25) is 0 Å². The SMILES string of the molecule is CN=C(C=CN)c1cccc(Nc2cc(NC(=O)C3CC3)ncc2C(=O)NC)c1OC. The molecule has 31 heavy (non-hydrogen) atoms. The first-order chi connectivity index (χ1) is 15.0. The molecule has 1 aromatic carbocycles. The number of pyridine rings is 1. The van der Waals surface area contributed by atoms with Crippen molar-refractivity contribution in [3.8, 4) is 5.75 Å². The van der Waals surface area contributed by atoms with Crippen molar-refractivity contribution in [3.63, 3.8) is 0 Å². The lowest BCUT2D eigenvalue weighted by Gasteiger charge is -2.17. The third-order valence-corrected chi connectivity index (χ3v) is 4.83. The lowest BCUT2D eigenvalue weighted by atomic mass is 10.1. The summed E-state index contributed by atoms with van der Waals surface area (Å²) in [5.74, 6) is 0.555. The Morgan fingerprint density at radius 3 is 2.65 bits per heavy atom. The van der Waals surface area contributed by atoms with E-state index in [-0.39, 0.29) is 17.7 Å². The molecule has 0 aliphatic heterocycles. The van der Waals surface area contributed by atoms with Crippen LogP contribution in [0.5, 0.6) is 5.75 Å². The Balaban J connectivity index is 2.01. The number of amides is 2. The first-order valence-electron chi connectivity index (χ1n) is 9.84. The summed E-state index contributed by atoms with van der Waals surface area (Å²) in [6, 6.07) is 7.15. The van der Waals surface area contributed by atoms with E-state index in [9.17, 15) is 9.59 Å². The highest BCUT2D eigenvalue weighted by atomic mass is 16.5. The molecule has 0 bridgehead atoms. The molecule has 5 N–H and O–H groups in total. The highest BCUT2D eigenvalue weighted by molar-refractivity contribution is 6.11. The Labute approximate surface area is 180 Å². The van der Waals surface area contributed by atoms with Crippen LogP contribution in [0, 0.1) is 5.92 Å². The van der Waals surface area contributed by atoms with Crippen LogP contribution in [0.3, 0.4) is 0 Å². The molecule has 1 heterocycles. The van der Waals surface area contributed by atoms with Gasteiger partial charge in [-0.2, -0.15) is 0 Å². The Hall–Kier alpha value is -3.88. The lowest BCUT2D eigenvalue weighted by Crippen LogP contribution is -2.20. The molecule has 0 atom stereocenters. The highest BCUT2D eigenvalue weighted by Crippen LogP contribution is 2.34. The number of nitrogens with zero attached hydrogens (tertiary/aromatic N) is 2. The molecule has 1 aromatic heterocycles. The maximum atomic E-state index is 12.4. The topological polar surface area (TPSA) is 131 Å². The number of carbonyl (C=O) groups excluding carboxylic acids is 2. The average Bonchev–Trinajstić information content (AvgIpc) is 3.62. The molecule has 9 nitrogen and oxygen atoms in total.